The molecule has 4 nitrogen and oxygen atoms in total. The van der Waals surface area contributed by atoms with Crippen LogP contribution in [0, 0.1) is 0 Å². The van der Waals surface area contributed by atoms with E-state index in [0.29, 0.717) is 23.7 Å². The minimum absolute atomic E-state index is 0.514. The molecule has 0 radical (unpaired) electrons. The molecule has 3 heterocycles. The summed E-state index contributed by atoms with van der Waals surface area (Å²) in [7, 11) is 2.09. The summed E-state index contributed by atoms with van der Waals surface area (Å²) in [6.07, 6.45) is -1.01. The maximum Gasteiger partial charge on any atom is 0.434 e. The van der Waals surface area contributed by atoms with E-state index < -0.39 is 11.9 Å². The van der Waals surface area contributed by atoms with Gasteiger partial charge in [0.25, 0.3) is 0 Å². The van der Waals surface area contributed by atoms with Gasteiger partial charge in [0.1, 0.15) is 0 Å². The average molecular weight is 395 g/mol. The number of halogens is 4. The molecule has 4 rings (SSSR count). The molecule has 0 N–H and O–H groups in total. The molecule has 3 aromatic rings. The van der Waals surface area contributed by atoms with E-state index in [9.17, 15) is 13.2 Å². The Bertz CT molecular complexity index is 979. The number of likely N-dealkylation sites (N-methyl/N-ethyl adjacent to an activating group) is 1. The first-order valence-electron chi connectivity index (χ1n) is 8.69. The first-order chi connectivity index (χ1) is 12.8. The summed E-state index contributed by atoms with van der Waals surface area (Å²) >= 11 is 6.20. The van der Waals surface area contributed by atoms with Crippen LogP contribution in [0.1, 0.15) is 22.6 Å². The zero-order valence-electron chi connectivity index (χ0n) is 14.7. The number of hydrogen-bond acceptors (Lipinski definition) is 3. The molecule has 0 aliphatic carbocycles. The van der Waals surface area contributed by atoms with E-state index in [1.807, 2.05) is 18.2 Å². The Labute approximate surface area is 159 Å². The molecule has 0 spiro atoms. The van der Waals surface area contributed by atoms with Crippen molar-refractivity contribution in [2.45, 2.75) is 32.1 Å². The highest BCUT2D eigenvalue weighted by molar-refractivity contribution is 6.31. The lowest BCUT2D eigenvalue weighted by Gasteiger charge is -2.24. The molecule has 0 saturated carbocycles. The first-order valence-corrected chi connectivity index (χ1v) is 9.07. The van der Waals surface area contributed by atoms with Gasteiger partial charge >= 0.3 is 6.18 Å². The lowest BCUT2D eigenvalue weighted by molar-refractivity contribution is -0.141. The third-order valence-electron chi connectivity index (χ3n) is 4.99. The third kappa shape index (κ3) is 3.53. The topological polar surface area (TPSA) is 34.0 Å². The Kier molecular flexibility index (Phi) is 4.60. The normalized spacial score (nSPS) is 15.3. The Morgan fingerprint density at radius 1 is 1.19 bits per heavy atom. The van der Waals surface area contributed by atoms with Gasteiger partial charge < -0.3 is 9.47 Å². The molecule has 0 bridgehead atoms. The monoisotopic (exact) mass is 394 g/mol. The van der Waals surface area contributed by atoms with E-state index in [-0.39, 0.29) is 0 Å². The summed E-state index contributed by atoms with van der Waals surface area (Å²) in [5.41, 5.74) is 3.22. The van der Waals surface area contributed by atoms with Gasteiger partial charge in [-0.3, -0.25) is 4.98 Å². The van der Waals surface area contributed by atoms with Crippen molar-refractivity contribution >= 4 is 22.5 Å². The number of nitrogens with zero attached hydrogens (tertiary/aromatic N) is 4. The van der Waals surface area contributed by atoms with Crippen molar-refractivity contribution in [3.05, 3.63) is 58.3 Å². The van der Waals surface area contributed by atoms with E-state index in [4.69, 9.17) is 11.6 Å². The van der Waals surface area contributed by atoms with Gasteiger partial charge in [-0.15, -0.1) is 0 Å². The Morgan fingerprint density at radius 3 is 2.70 bits per heavy atom. The maximum absolute atomic E-state index is 12.6. The molecule has 0 unspecified atom stereocenters. The lowest BCUT2D eigenvalue weighted by atomic mass is 10.1. The van der Waals surface area contributed by atoms with Crippen molar-refractivity contribution in [2.75, 3.05) is 13.6 Å². The first kappa shape index (κ1) is 18.3. The van der Waals surface area contributed by atoms with E-state index in [0.717, 1.165) is 36.6 Å². The standard InChI is InChI=1S/C19H18ClF3N4/c1-26-6-5-17-15(11-26)14-8-12(20)2-3-16(14)27(17)7-4-13-9-25-18(10-24-13)19(21,22)23/h2-3,8-10H,4-7,11H2,1H3. The van der Waals surface area contributed by atoms with Crippen LogP contribution in [0.3, 0.4) is 0 Å². The van der Waals surface area contributed by atoms with Crippen LogP contribution in [-0.4, -0.2) is 33.0 Å². The smallest absolute Gasteiger partial charge is 0.344 e. The number of hydrogen-bond donors (Lipinski definition) is 0. The van der Waals surface area contributed by atoms with Gasteiger partial charge in [0.15, 0.2) is 5.69 Å². The summed E-state index contributed by atoms with van der Waals surface area (Å²) in [5.74, 6) is 0. The van der Waals surface area contributed by atoms with Crippen LogP contribution in [0.5, 0.6) is 0 Å². The lowest BCUT2D eigenvalue weighted by Crippen LogP contribution is -2.27. The second kappa shape index (κ2) is 6.80. The van der Waals surface area contributed by atoms with E-state index in [1.165, 1.54) is 17.5 Å². The van der Waals surface area contributed by atoms with Crippen LogP contribution < -0.4 is 0 Å². The van der Waals surface area contributed by atoms with E-state index >= 15 is 0 Å². The minimum Gasteiger partial charge on any atom is -0.344 e. The van der Waals surface area contributed by atoms with E-state index in [1.54, 1.807) is 0 Å². The zero-order valence-corrected chi connectivity index (χ0v) is 15.5. The van der Waals surface area contributed by atoms with Crippen molar-refractivity contribution < 1.29 is 13.2 Å². The highest BCUT2D eigenvalue weighted by Gasteiger charge is 2.32. The van der Waals surface area contributed by atoms with Gasteiger partial charge in [0.05, 0.1) is 11.9 Å². The molecule has 1 aliphatic rings. The molecule has 0 fully saturated rings. The molecule has 0 amide bonds. The number of aromatic nitrogens is 3. The number of benzene rings is 1. The van der Waals surface area contributed by atoms with Gasteiger partial charge in [0.2, 0.25) is 0 Å². The fraction of sp³-hybridized carbons (Fsp3) is 0.368. The summed E-state index contributed by atoms with van der Waals surface area (Å²) in [5, 5.41) is 1.84. The molecule has 2 aromatic heterocycles. The Morgan fingerprint density at radius 2 is 2.00 bits per heavy atom. The SMILES string of the molecule is CN1CCc2c(c3cc(Cl)ccc3n2CCc2cnc(C(F)(F)F)cn2)C1. The van der Waals surface area contributed by atoms with Crippen LogP contribution >= 0.6 is 11.6 Å². The minimum atomic E-state index is -4.47. The van der Waals surface area contributed by atoms with Crippen molar-refractivity contribution in [1.82, 2.24) is 19.4 Å². The summed E-state index contributed by atoms with van der Waals surface area (Å²) in [4.78, 5) is 9.71. The number of alkyl halides is 3. The van der Waals surface area contributed by atoms with E-state index in [2.05, 4.69) is 26.5 Å². The zero-order chi connectivity index (χ0) is 19.2. The molecular weight excluding hydrogens is 377 g/mol. The third-order valence-corrected chi connectivity index (χ3v) is 5.23. The number of fused-ring (bicyclic) bond motifs is 3. The summed E-state index contributed by atoms with van der Waals surface area (Å²) in [6.45, 7) is 2.47. The number of aryl methyl sites for hydroxylation is 2. The van der Waals surface area contributed by atoms with Gasteiger partial charge in [-0.25, -0.2) is 4.98 Å². The van der Waals surface area contributed by atoms with Crippen LogP contribution in [0.15, 0.2) is 30.6 Å². The van der Waals surface area contributed by atoms with Crippen LogP contribution in [-0.2, 0) is 32.1 Å². The largest absolute Gasteiger partial charge is 0.434 e. The molecule has 142 valence electrons. The molecule has 8 heteroatoms. The Hall–Kier alpha value is -2.12. The van der Waals surface area contributed by atoms with Gasteiger partial charge in [-0.1, -0.05) is 11.6 Å². The van der Waals surface area contributed by atoms with Crippen molar-refractivity contribution in [3.63, 3.8) is 0 Å². The molecule has 1 aliphatic heterocycles. The predicted molar refractivity (Wildman–Crippen MR) is 97.7 cm³/mol. The van der Waals surface area contributed by atoms with Crippen molar-refractivity contribution in [3.8, 4) is 0 Å². The molecule has 0 atom stereocenters. The second-order valence-corrected chi connectivity index (χ2v) is 7.30. The number of rotatable bonds is 3. The highest BCUT2D eigenvalue weighted by Crippen LogP contribution is 2.32. The summed E-state index contributed by atoms with van der Waals surface area (Å²) < 4.78 is 40.1. The van der Waals surface area contributed by atoms with Crippen molar-refractivity contribution in [2.24, 2.45) is 0 Å². The molecule has 27 heavy (non-hydrogen) atoms. The second-order valence-electron chi connectivity index (χ2n) is 6.87. The quantitative estimate of drug-likeness (QED) is 0.663. The fourth-order valence-electron chi connectivity index (χ4n) is 3.67. The Balaban J connectivity index is 1.64. The molecular formula is C19H18ClF3N4. The van der Waals surface area contributed by atoms with Crippen molar-refractivity contribution in [1.29, 1.82) is 0 Å². The van der Waals surface area contributed by atoms with Crippen LogP contribution in [0.2, 0.25) is 5.02 Å². The van der Waals surface area contributed by atoms with Gasteiger partial charge in [-0.2, -0.15) is 13.2 Å². The molecule has 1 aromatic carbocycles. The molecule has 0 saturated heterocycles. The predicted octanol–water partition coefficient (Wildman–Crippen LogP) is 4.33. The van der Waals surface area contributed by atoms with Gasteiger partial charge in [0, 0.05) is 60.3 Å². The fourth-order valence-corrected chi connectivity index (χ4v) is 3.84. The highest BCUT2D eigenvalue weighted by atomic mass is 35.5. The maximum atomic E-state index is 12.6. The average Bonchev–Trinajstić information content (AvgIpc) is 2.92. The van der Waals surface area contributed by atoms with Crippen LogP contribution in [0.25, 0.3) is 10.9 Å². The van der Waals surface area contributed by atoms with Crippen LogP contribution in [0.4, 0.5) is 13.2 Å². The van der Waals surface area contributed by atoms with Gasteiger partial charge in [-0.05, 0) is 30.8 Å². The summed E-state index contributed by atoms with van der Waals surface area (Å²) in [6, 6.07) is 5.87.